The maximum Gasteiger partial charge on any atom is 0.188 e. The van der Waals surface area contributed by atoms with Crippen LogP contribution in [0.15, 0.2) is 29.3 Å². The molecule has 1 aliphatic rings. The van der Waals surface area contributed by atoms with Crippen molar-refractivity contribution in [1.82, 2.24) is 5.32 Å². The number of methoxy groups -OCH3 is 1. The summed E-state index contributed by atoms with van der Waals surface area (Å²) >= 11 is 0. The lowest BCUT2D eigenvalue weighted by Gasteiger charge is -2.04. The Morgan fingerprint density at radius 1 is 1.44 bits per heavy atom. The van der Waals surface area contributed by atoms with Crippen molar-refractivity contribution in [2.45, 2.75) is 25.8 Å². The molecule has 0 saturated heterocycles. The van der Waals surface area contributed by atoms with Gasteiger partial charge in [-0.3, -0.25) is 4.99 Å². The van der Waals surface area contributed by atoms with E-state index in [1.54, 1.807) is 7.11 Å². The molecule has 1 aromatic rings. The molecule has 0 heterocycles. The van der Waals surface area contributed by atoms with Crippen LogP contribution in [-0.2, 0) is 6.42 Å². The summed E-state index contributed by atoms with van der Waals surface area (Å²) in [6, 6.07) is 8.58. The first kappa shape index (κ1) is 12.7. The van der Waals surface area contributed by atoms with E-state index in [9.17, 15) is 0 Å². The van der Waals surface area contributed by atoms with Gasteiger partial charge in [0, 0.05) is 12.6 Å². The normalized spacial score (nSPS) is 22.7. The highest BCUT2D eigenvalue weighted by Crippen LogP contribution is 2.28. The maximum atomic E-state index is 5.81. The molecule has 18 heavy (non-hydrogen) atoms. The molecule has 2 atom stereocenters. The summed E-state index contributed by atoms with van der Waals surface area (Å²) in [4.78, 5) is 4.33. The molecule has 1 fully saturated rings. The summed E-state index contributed by atoms with van der Waals surface area (Å²) < 4.78 is 5.12. The van der Waals surface area contributed by atoms with Crippen LogP contribution < -0.4 is 15.8 Å². The summed E-state index contributed by atoms with van der Waals surface area (Å²) in [5.41, 5.74) is 7.05. The lowest BCUT2D eigenvalue weighted by molar-refractivity contribution is 0.414. The molecule has 0 amide bonds. The Balaban J connectivity index is 1.74. The van der Waals surface area contributed by atoms with Crippen molar-refractivity contribution in [3.63, 3.8) is 0 Å². The van der Waals surface area contributed by atoms with Gasteiger partial charge >= 0.3 is 0 Å². The predicted octanol–water partition coefficient (Wildman–Crippen LogP) is 1.55. The van der Waals surface area contributed by atoms with Crippen molar-refractivity contribution >= 4 is 5.96 Å². The molecule has 2 rings (SSSR count). The molecule has 0 aliphatic heterocycles. The number of hydrogen-bond acceptors (Lipinski definition) is 2. The van der Waals surface area contributed by atoms with E-state index in [1.807, 2.05) is 12.1 Å². The van der Waals surface area contributed by atoms with Crippen molar-refractivity contribution in [3.8, 4) is 5.75 Å². The van der Waals surface area contributed by atoms with E-state index in [2.05, 4.69) is 29.4 Å². The minimum Gasteiger partial charge on any atom is -0.497 e. The molecular weight excluding hydrogens is 226 g/mol. The Morgan fingerprint density at radius 2 is 2.11 bits per heavy atom. The van der Waals surface area contributed by atoms with Gasteiger partial charge in [0.2, 0.25) is 0 Å². The number of ether oxygens (including phenoxy) is 1. The standard InChI is InChI=1S/C14H21N3O/c1-10-9-13(10)17-14(15)16-8-7-11-3-5-12(18-2)6-4-11/h3-6,10,13H,7-9H2,1-2H3,(H3,15,16,17)/t10-,13+/m1/s1. The van der Waals surface area contributed by atoms with Crippen molar-refractivity contribution in [3.05, 3.63) is 29.8 Å². The van der Waals surface area contributed by atoms with E-state index >= 15 is 0 Å². The Kier molecular flexibility index (Phi) is 4.07. The third-order valence-corrected chi connectivity index (χ3v) is 3.28. The summed E-state index contributed by atoms with van der Waals surface area (Å²) in [6.07, 6.45) is 2.10. The number of nitrogens with two attached hydrogens (primary N) is 1. The molecule has 4 nitrogen and oxygen atoms in total. The zero-order valence-electron chi connectivity index (χ0n) is 11.0. The average molecular weight is 247 g/mol. The zero-order chi connectivity index (χ0) is 13.0. The van der Waals surface area contributed by atoms with E-state index in [1.165, 1.54) is 12.0 Å². The third-order valence-electron chi connectivity index (χ3n) is 3.28. The number of hydrogen-bond donors (Lipinski definition) is 2. The number of nitrogens with zero attached hydrogens (tertiary/aromatic N) is 1. The Labute approximate surface area is 108 Å². The number of guanidine groups is 1. The second-order valence-electron chi connectivity index (χ2n) is 4.83. The van der Waals surface area contributed by atoms with Crippen LogP contribution in [0.5, 0.6) is 5.75 Å². The largest absolute Gasteiger partial charge is 0.497 e. The van der Waals surface area contributed by atoms with Gasteiger partial charge in [-0.25, -0.2) is 0 Å². The molecule has 0 spiro atoms. The SMILES string of the molecule is COc1ccc(CCN=C(N)N[C@H]2C[C@H]2C)cc1. The quantitative estimate of drug-likeness (QED) is 0.613. The van der Waals surface area contributed by atoms with Gasteiger partial charge in [0.15, 0.2) is 5.96 Å². The molecular formula is C14H21N3O. The second kappa shape index (κ2) is 5.76. The molecule has 1 aromatic carbocycles. The van der Waals surface area contributed by atoms with Crippen LogP contribution in [0, 0.1) is 5.92 Å². The highest BCUT2D eigenvalue weighted by atomic mass is 16.5. The fraction of sp³-hybridized carbons (Fsp3) is 0.500. The van der Waals surface area contributed by atoms with Crippen LogP contribution >= 0.6 is 0 Å². The van der Waals surface area contributed by atoms with Gasteiger partial charge in [-0.15, -0.1) is 0 Å². The molecule has 0 aromatic heterocycles. The summed E-state index contributed by atoms with van der Waals surface area (Å²) in [5, 5.41) is 3.22. The fourth-order valence-corrected chi connectivity index (χ4v) is 1.86. The van der Waals surface area contributed by atoms with Crippen LogP contribution in [0.4, 0.5) is 0 Å². The first-order chi connectivity index (χ1) is 8.69. The van der Waals surface area contributed by atoms with Gasteiger partial charge in [0.1, 0.15) is 5.75 Å². The fourth-order valence-electron chi connectivity index (χ4n) is 1.86. The van der Waals surface area contributed by atoms with Crippen LogP contribution in [0.2, 0.25) is 0 Å². The number of nitrogens with one attached hydrogen (secondary N) is 1. The number of rotatable bonds is 5. The lowest BCUT2D eigenvalue weighted by atomic mass is 10.1. The first-order valence-electron chi connectivity index (χ1n) is 6.38. The lowest BCUT2D eigenvalue weighted by Crippen LogP contribution is -2.34. The highest BCUT2D eigenvalue weighted by Gasteiger charge is 2.32. The molecule has 4 heteroatoms. The molecule has 3 N–H and O–H groups in total. The van der Waals surface area contributed by atoms with Gasteiger partial charge in [-0.2, -0.15) is 0 Å². The van der Waals surface area contributed by atoms with Crippen LogP contribution in [0.3, 0.4) is 0 Å². The van der Waals surface area contributed by atoms with E-state index in [0.29, 0.717) is 18.5 Å². The molecule has 0 bridgehead atoms. The summed E-state index contributed by atoms with van der Waals surface area (Å²) in [7, 11) is 1.67. The van der Waals surface area contributed by atoms with Gasteiger partial charge in [0.25, 0.3) is 0 Å². The van der Waals surface area contributed by atoms with Crippen LogP contribution in [0.1, 0.15) is 18.9 Å². The van der Waals surface area contributed by atoms with E-state index in [4.69, 9.17) is 10.5 Å². The molecule has 98 valence electrons. The minimum absolute atomic E-state index is 0.537. The Hall–Kier alpha value is -1.71. The zero-order valence-corrected chi connectivity index (χ0v) is 11.0. The van der Waals surface area contributed by atoms with Crippen molar-refractivity contribution in [2.24, 2.45) is 16.6 Å². The highest BCUT2D eigenvalue weighted by molar-refractivity contribution is 5.78. The van der Waals surface area contributed by atoms with Crippen molar-refractivity contribution in [1.29, 1.82) is 0 Å². The van der Waals surface area contributed by atoms with Gasteiger partial charge in [0.05, 0.1) is 7.11 Å². The summed E-state index contributed by atoms with van der Waals surface area (Å²) in [6.45, 7) is 2.93. The summed E-state index contributed by atoms with van der Waals surface area (Å²) in [5.74, 6) is 2.18. The topological polar surface area (TPSA) is 59.6 Å². The first-order valence-corrected chi connectivity index (χ1v) is 6.38. The number of benzene rings is 1. The van der Waals surface area contributed by atoms with Gasteiger partial charge in [-0.1, -0.05) is 19.1 Å². The molecule has 0 unspecified atom stereocenters. The Bertz CT molecular complexity index is 414. The predicted molar refractivity (Wildman–Crippen MR) is 73.9 cm³/mol. The van der Waals surface area contributed by atoms with Crippen molar-refractivity contribution in [2.75, 3.05) is 13.7 Å². The van der Waals surface area contributed by atoms with E-state index in [0.717, 1.165) is 18.1 Å². The van der Waals surface area contributed by atoms with Gasteiger partial charge in [-0.05, 0) is 36.5 Å². The number of aliphatic imine (C=N–C) groups is 1. The van der Waals surface area contributed by atoms with Crippen LogP contribution in [-0.4, -0.2) is 25.7 Å². The average Bonchev–Trinajstić information content (AvgIpc) is 3.05. The van der Waals surface area contributed by atoms with E-state index in [-0.39, 0.29) is 0 Å². The van der Waals surface area contributed by atoms with Crippen LogP contribution in [0.25, 0.3) is 0 Å². The minimum atomic E-state index is 0.537. The second-order valence-corrected chi connectivity index (χ2v) is 4.83. The van der Waals surface area contributed by atoms with E-state index < -0.39 is 0 Å². The monoisotopic (exact) mass is 247 g/mol. The molecule has 1 aliphatic carbocycles. The molecule has 1 saturated carbocycles. The smallest absolute Gasteiger partial charge is 0.188 e. The van der Waals surface area contributed by atoms with Gasteiger partial charge < -0.3 is 15.8 Å². The van der Waals surface area contributed by atoms with Crippen molar-refractivity contribution < 1.29 is 4.74 Å². The maximum absolute atomic E-state index is 5.81. The Morgan fingerprint density at radius 3 is 2.67 bits per heavy atom. The third kappa shape index (κ3) is 3.65. The molecule has 0 radical (unpaired) electrons.